The molecular formula is C18H22FN3O5. The molecule has 9 heteroatoms. The second kappa shape index (κ2) is 8.03. The zero-order valence-electron chi connectivity index (χ0n) is 15.0. The van der Waals surface area contributed by atoms with Crippen molar-refractivity contribution < 1.29 is 28.6 Å². The predicted octanol–water partition coefficient (Wildman–Crippen LogP) is 0.273. The van der Waals surface area contributed by atoms with Crippen LogP contribution in [-0.4, -0.2) is 79.0 Å². The van der Waals surface area contributed by atoms with Crippen LogP contribution in [-0.2, 0) is 14.3 Å². The first-order chi connectivity index (χ1) is 12.9. The van der Waals surface area contributed by atoms with E-state index in [1.54, 1.807) is 18.2 Å². The number of halogens is 1. The van der Waals surface area contributed by atoms with Crippen LogP contribution < -0.4 is 5.32 Å². The number of amides is 2. The van der Waals surface area contributed by atoms with Crippen LogP contribution in [0.15, 0.2) is 24.3 Å². The molecule has 0 saturated carbocycles. The molecule has 146 valence electrons. The number of H-pyrrole nitrogens is 1. The van der Waals surface area contributed by atoms with Crippen LogP contribution in [0.4, 0.5) is 4.39 Å². The zero-order valence-corrected chi connectivity index (χ0v) is 15.0. The molecule has 1 aliphatic heterocycles. The maximum atomic E-state index is 13.9. The Labute approximate surface area is 155 Å². The fourth-order valence-corrected chi connectivity index (χ4v) is 3.05. The maximum Gasteiger partial charge on any atom is 0.270 e. The number of hydrogen-bond acceptors (Lipinski definition) is 5. The molecule has 1 fully saturated rings. The SMILES string of the molecule is COCC(=O)NCC1(O)COCCN(C(=O)c2cc3cccc(F)c3[nH]2)C1. The lowest BCUT2D eigenvalue weighted by molar-refractivity contribution is -0.126. The van der Waals surface area contributed by atoms with E-state index in [0.29, 0.717) is 5.39 Å². The molecule has 2 amide bonds. The molecule has 1 atom stereocenters. The molecule has 0 radical (unpaired) electrons. The van der Waals surface area contributed by atoms with Gasteiger partial charge in [0.1, 0.15) is 23.7 Å². The summed E-state index contributed by atoms with van der Waals surface area (Å²) in [6, 6.07) is 6.17. The molecule has 3 N–H and O–H groups in total. The Morgan fingerprint density at radius 2 is 2.30 bits per heavy atom. The summed E-state index contributed by atoms with van der Waals surface area (Å²) in [6.07, 6.45) is 0. The van der Waals surface area contributed by atoms with Crippen molar-refractivity contribution in [3.8, 4) is 0 Å². The third kappa shape index (κ3) is 4.44. The van der Waals surface area contributed by atoms with E-state index >= 15 is 0 Å². The number of nitrogens with zero attached hydrogens (tertiary/aromatic N) is 1. The molecule has 1 aromatic heterocycles. The van der Waals surface area contributed by atoms with Crippen molar-refractivity contribution in [2.45, 2.75) is 5.60 Å². The smallest absolute Gasteiger partial charge is 0.270 e. The van der Waals surface area contributed by atoms with E-state index < -0.39 is 11.4 Å². The highest BCUT2D eigenvalue weighted by atomic mass is 19.1. The monoisotopic (exact) mass is 379 g/mol. The van der Waals surface area contributed by atoms with Gasteiger partial charge in [0.05, 0.1) is 31.8 Å². The average Bonchev–Trinajstić information content (AvgIpc) is 2.98. The van der Waals surface area contributed by atoms with E-state index in [4.69, 9.17) is 9.47 Å². The van der Waals surface area contributed by atoms with Crippen LogP contribution in [0, 0.1) is 5.82 Å². The second-order valence-corrected chi connectivity index (χ2v) is 6.60. The van der Waals surface area contributed by atoms with Gasteiger partial charge < -0.3 is 29.8 Å². The number of carbonyl (C=O) groups excluding carboxylic acids is 2. The highest BCUT2D eigenvalue weighted by Crippen LogP contribution is 2.21. The first-order valence-electron chi connectivity index (χ1n) is 8.54. The number of ether oxygens (including phenoxy) is 2. The summed E-state index contributed by atoms with van der Waals surface area (Å²) in [5.41, 5.74) is -0.955. The lowest BCUT2D eigenvalue weighted by Gasteiger charge is -2.30. The number of carbonyl (C=O) groups is 2. The molecule has 1 aliphatic rings. The van der Waals surface area contributed by atoms with E-state index in [1.165, 1.54) is 18.1 Å². The number of nitrogens with one attached hydrogen (secondary N) is 2. The van der Waals surface area contributed by atoms with Gasteiger partial charge in [-0.05, 0) is 12.1 Å². The summed E-state index contributed by atoms with van der Waals surface area (Å²) < 4.78 is 24.0. The number of aromatic amines is 1. The maximum absolute atomic E-state index is 13.9. The topological polar surface area (TPSA) is 104 Å². The van der Waals surface area contributed by atoms with Gasteiger partial charge in [-0.3, -0.25) is 9.59 Å². The average molecular weight is 379 g/mol. The molecule has 2 heterocycles. The number of rotatable bonds is 5. The molecule has 27 heavy (non-hydrogen) atoms. The number of methoxy groups -OCH3 is 1. The predicted molar refractivity (Wildman–Crippen MR) is 94.8 cm³/mol. The summed E-state index contributed by atoms with van der Waals surface area (Å²) in [5, 5.41) is 13.9. The lowest BCUT2D eigenvalue weighted by atomic mass is 10.0. The van der Waals surface area contributed by atoms with Crippen LogP contribution in [0.25, 0.3) is 10.9 Å². The number of benzene rings is 1. The Balaban J connectivity index is 1.74. The molecule has 2 aromatic rings. The van der Waals surface area contributed by atoms with Gasteiger partial charge in [-0.1, -0.05) is 12.1 Å². The Bertz CT molecular complexity index is 840. The van der Waals surface area contributed by atoms with E-state index in [-0.39, 0.29) is 62.5 Å². The van der Waals surface area contributed by atoms with Gasteiger partial charge in [0, 0.05) is 19.0 Å². The van der Waals surface area contributed by atoms with Gasteiger partial charge in [0.2, 0.25) is 5.91 Å². The van der Waals surface area contributed by atoms with Gasteiger partial charge >= 0.3 is 0 Å². The van der Waals surface area contributed by atoms with Crippen molar-refractivity contribution in [2.75, 3.05) is 46.6 Å². The number of para-hydroxylation sites is 1. The minimum atomic E-state index is -1.44. The molecule has 1 aromatic carbocycles. The Hall–Kier alpha value is -2.49. The molecule has 3 rings (SSSR count). The van der Waals surface area contributed by atoms with Crippen molar-refractivity contribution in [1.29, 1.82) is 0 Å². The van der Waals surface area contributed by atoms with E-state index in [1.807, 2.05) is 0 Å². The number of aromatic nitrogens is 1. The molecule has 0 spiro atoms. The molecule has 0 aliphatic carbocycles. The van der Waals surface area contributed by atoms with E-state index in [0.717, 1.165) is 0 Å². The lowest BCUT2D eigenvalue weighted by Crippen LogP contribution is -2.53. The summed E-state index contributed by atoms with van der Waals surface area (Å²) >= 11 is 0. The van der Waals surface area contributed by atoms with Crippen molar-refractivity contribution >= 4 is 22.7 Å². The normalized spacial score (nSPS) is 20.5. The Morgan fingerprint density at radius 3 is 3.04 bits per heavy atom. The third-order valence-corrected chi connectivity index (χ3v) is 4.37. The highest BCUT2D eigenvalue weighted by Gasteiger charge is 2.35. The zero-order chi connectivity index (χ0) is 19.4. The second-order valence-electron chi connectivity index (χ2n) is 6.60. The van der Waals surface area contributed by atoms with Crippen molar-refractivity contribution in [3.05, 3.63) is 35.8 Å². The molecular weight excluding hydrogens is 357 g/mol. The molecule has 1 saturated heterocycles. The Kier molecular flexibility index (Phi) is 5.73. The molecule has 8 nitrogen and oxygen atoms in total. The third-order valence-electron chi connectivity index (χ3n) is 4.37. The first kappa shape index (κ1) is 19.3. The van der Waals surface area contributed by atoms with Gasteiger partial charge in [0.15, 0.2) is 0 Å². The number of fused-ring (bicyclic) bond motifs is 1. The highest BCUT2D eigenvalue weighted by molar-refractivity contribution is 5.98. The van der Waals surface area contributed by atoms with Crippen LogP contribution in [0.2, 0.25) is 0 Å². The van der Waals surface area contributed by atoms with Crippen LogP contribution in [0.5, 0.6) is 0 Å². The molecule has 0 bridgehead atoms. The number of β-amino-alcohol motifs (C(OH)–C–C–N with tert-alkyl or cyclic N) is 1. The van der Waals surface area contributed by atoms with Crippen molar-refractivity contribution in [3.63, 3.8) is 0 Å². The van der Waals surface area contributed by atoms with Gasteiger partial charge in [0.25, 0.3) is 5.91 Å². The molecule has 1 unspecified atom stereocenters. The summed E-state index contributed by atoms with van der Waals surface area (Å²) in [5.74, 6) is -1.19. The van der Waals surface area contributed by atoms with Crippen LogP contribution in [0.1, 0.15) is 10.5 Å². The van der Waals surface area contributed by atoms with Gasteiger partial charge in [-0.15, -0.1) is 0 Å². The minimum Gasteiger partial charge on any atom is -0.384 e. The number of aliphatic hydroxyl groups is 1. The minimum absolute atomic E-state index is 0.0224. The first-order valence-corrected chi connectivity index (χ1v) is 8.54. The van der Waals surface area contributed by atoms with Gasteiger partial charge in [-0.2, -0.15) is 0 Å². The Morgan fingerprint density at radius 1 is 1.48 bits per heavy atom. The summed E-state index contributed by atoms with van der Waals surface area (Å²) in [4.78, 5) is 28.7. The largest absolute Gasteiger partial charge is 0.384 e. The van der Waals surface area contributed by atoms with Crippen molar-refractivity contribution in [1.82, 2.24) is 15.2 Å². The quantitative estimate of drug-likeness (QED) is 0.692. The van der Waals surface area contributed by atoms with Crippen LogP contribution >= 0.6 is 0 Å². The van der Waals surface area contributed by atoms with Gasteiger partial charge in [-0.25, -0.2) is 4.39 Å². The fourth-order valence-electron chi connectivity index (χ4n) is 3.05. The fraction of sp³-hybridized carbons (Fsp3) is 0.444. The summed E-state index contributed by atoms with van der Waals surface area (Å²) in [7, 11) is 1.40. The standard InChI is InChI=1S/C18H22FN3O5/c1-26-8-15(23)20-9-18(25)10-22(5-6-27-11-18)17(24)14-7-12-3-2-4-13(19)16(12)21-14/h2-4,7,21,25H,5-6,8-11H2,1H3,(H,20,23). The van der Waals surface area contributed by atoms with Crippen molar-refractivity contribution in [2.24, 2.45) is 0 Å². The van der Waals surface area contributed by atoms with Crippen LogP contribution in [0.3, 0.4) is 0 Å². The van der Waals surface area contributed by atoms with E-state index in [9.17, 15) is 19.1 Å². The number of hydrogen-bond donors (Lipinski definition) is 3. The summed E-state index contributed by atoms with van der Waals surface area (Å²) in [6.45, 7) is 0.252. The van der Waals surface area contributed by atoms with E-state index in [2.05, 4.69) is 10.3 Å².